The number of aromatic nitrogens is 2. The Kier molecular flexibility index (Phi) is 3.41. The van der Waals surface area contributed by atoms with Gasteiger partial charge in [0.1, 0.15) is 13.3 Å². The summed E-state index contributed by atoms with van der Waals surface area (Å²) in [5, 5.41) is 0. The largest absolute Gasteiger partial charge is 0.345 e. The predicted molar refractivity (Wildman–Crippen MR) is 76.0 cm³/mol. The summed E-state index contributed by atoms with van der Waals surface area (Å²) < 4.78 is 26.3. The van der Waals surface area contributed by atoms with E-state index in [9.17, 15) is 13.6 Å². The van der Waals surface area contributed by atoms with Crippen LogP contribution in [0.4, 0.5) is 8.78 Å². The third kappa shape index (κ3) is 2.18. The van der Waals surface area contributed by atoms with Crippen LogP contribution in [-0.4, -0.2) is 29.1 Å². The molecule has 0 radical (unpaired) electrons. The first kappa shape index (κ1) is 13.7. The number of halogens is 2. The molecular weight excluding hydrogens is 274 g/mol. The topological polar surface area (TPSA) is 45.8 Å². The summed E-state index contributed by atoms with van der Waals surface area (Å²) in [5.74, 6) is -0.190. The van der Waals surface area contributed by atoms with E-state index >= 15 is 0 Å². The zero-order chi connectivity index (χ0) is 14.9. The molecule has 0 spiro atoms. The van der Waals surface area contributed by atoms with Gasteiger partial charge < -0.3 is 4.98 Å². The average molecular weight is 288 g/mol. The van der Waals surface area contributed by atoms with Gasteiger partial charge in [0, 0.05) is 17.6 Å². The van der Waals surface area contributed by atoms with E-state index in [2.05, 4.69) is 9.97 Å². The van der Waals surface area contributed by atoms with Gasteiger partial charge in [0.2, 0.25) is 0 Å². The minimum absolute atomic E-state index is 0.0575. The summed E-state index contributed by atoms with van der Waals surface area (Å²) in [7, 11) is 0. The van der Waals surface area contributed by atoms with Crippen molar-refractivity contribution in [2.75, 3.05) is 13.3 Å². The van der Waals surface area contributed by atoms with E-state index in [0.717, 1.165) is 16.8 Å². The van der Waals surface area contributed by atoms with Crippen LogP contribution in [0.2, 0.25) is 0 Å². The molecule has 5 heteroatoms. The van der Waals surface area contributed by atoms with E-state index in [1.54, 1.807) is 18.6 Å². The van der Waals surface area contributed by atoms with E-state index in [4.69, 9.17) is 0 Å². The first-order chi connectivity index (χ1) is 10.2. The molecule has 3 nitrogen and oxygen atoms in total. The third-order valence-corrected chi connectivity index (χ3v) is 3.93. The van der Waals surface area contributed by atoms with Crippen molar-refractivity contribution in [2.24, 2.45) is 5.41 Å². The molecule has 1 heterocycles. The van der Waals surface area contributed by atoms with Crippen molar-refractivity contribution in [1.29, 1.82) is 0 Å². The van der Waals surface area contributed by atoms with Gasteiger partial charge in [0.25, 0.3) is 0 Å². The Morgan fingerprint density at radius 2 is 2.05 bits per heavy atom. The van der Waals surface area contributed by atoms with E-state index in [-0.39, 0.29) is 17.8 Å². The number of rotatable bonds is 4. The summed E-state index contributed by atoms with van der Waals surface area (Å²) in [6.45, 7) is -1.71. The molecule has 0 amide bonds. The molecule has 0 unspecified atom stereocenters. The number of carbonyl (C=O) groups is 1. The lowest BCUT2D eigenvalue weighted by Crippen LogP contribution is -2.44. The third-order valence-electron chi connectivity index (χ3n) is 3.93. The molecule has 3 rings (SSSR count). The number of H-pyrrole nitrogens is 1. The van der Waals surface area contributed by atoms with Gasteiger partial charge in [-0.15, -0.1) is 0 Å². The Bertz CT molecular complexity index is 688. The Labute approximate surface area is 120 Å². The zero-order valence-electron chi connectivity index (χ0n) is 11.3. The summed E-state index contributed by atoms with van der Waals surface area (Å²) in [6.07, 6.45) is 4.76. The van der Waals surface area contributed by atoms with Crippen molar-refractivity contribution < 1.29 is 13.6 Å². The van der Waals surface area contributed by atoms with Crippen LogP contribution < -0.4 is 0 Å². The molecule has 1 aliphatic carbocycles. The Morgan fingerprint density at radius 1 is 1.29 bits per heavy atom. The molecular formula is C16H14F2N2O. The second-order valence-electron chi connectivity index (χ2n) is 5.26. The second-order valence-corrected chi connectivity index (χ2v) is 5.26. The Hall–Kier alpha value is -2.30. The molecule has 1 aromatic heterocycles. The quantitative estimate of drug-likeness (QED) is 0.877. The first-order valence-corrected chi connectivity index (χ1v) is 6.65. The van der Waals surface area contributed by atoms with Gasteiger partial charge in [-0.25, -0.2) is 4.98 Å². The number of hydrogen-bond acceptors (Lipinski definition) is 2. The summed E-state index contributed by atoms with van der Waals surface area (Å²) >= 11 is 0. The lowest BCUT2D eigenvalue weighted by Gasteiger charge is -2.38. The van der Waals surface area contributed by atoms with Crippen molar-refractivity contribution in [1.82, 2.24) is 9.97 Å². The van der Waals surface area contributed by atoms with Crippen molar-refractivity contribution in [3.05, 3.63) is 47.9 Å². The smallest absolute Gasteiger partial charge is 0.160 e. The van der Waals surface area contributed by atoms with Crippen LogP contribution in [0.1, 0.15) is 12.0 Å². The maximum absolute atomic E-state index is 13.1. The van der Waals surface area contributed by atoms with Gasteiger partial charge in [-0.05, 0) is 11.6 Å². The summed E-state index contributed by atoms with van der Waals surface area (Å²) in [4.78, 5) is 18.7. The fourth-order valence-corrected chi connectivity index (χ4v) is 2.62. The second kappa shape index (κ2) is 5.24. The number of hydrogen-bond donors (Lipinski definition) is 1. The molecule has 1 saturated carbocycles. The molecule has 2 aromatic rings. The number of alkyl halides is 2. The number of allylic oxidation sites excluding steroid dienone is 1. The maximum Gasteiger partial charge on any atom is 0.160 e. The number of imidazole rings is 1. The predicted octanol–water partition coefficient (Wildman–Crippen LogP) is 3.36. The Morgan fingerprint density at radius 3 is 2.67 bits per heavy atom. The van der Waals surface area contributed by atoms with Crippen molar-refractivity contribution in [2.45, 2.75) is 6.42 Å². The molecule has 0 atom stereocenters. The normalized spacial score (nSPS) is 18.8. The maximum atomic E-state index is 13.1. The standard InChI is InChI=1S/C16H14F2N2O/c17-8-16(9-18)6-15(21)13(16)5-11-3-1-2-4-12(11)14-7-19-10-20-14/h1-5,7,10H,6,8-9H2,(H,19,20). The SMILES string of the molecule is O=C1CC(CF)(CF)C1=Cc1ccccc1-c1cnc[nH]1. The van der Waals surface area contributed by atoms with E-state index in [1.807, 2.05) is 24.3 Å². The molecule has 1 N–H and O–H groups in total. The fraction of sp³-hybridized carbons (Fsp3) is 0.250. The molecule has 108 valence electrons. The van der Waals surface area contributed by atoms with Gasteiger partial charge in [0.15, 0.2) is 5.78 Å². The zero-order valence-corrected chi connectivity index (χ0v) is 11.3. The first-order valence-electron chi connectivity index (χ1n) is 6.65. The molecule has 0 aliphatic heterocycles. The van der Waals surface area contributed by atoms with Crippen LogP contribution in [0.3, 0.4) is 0 Å². The number of nitrogens with zero attached hydrogens (tertiary/aromatic N) is 1. The average Bonchev–Trinajstić information content (AvgIpc) is 3.04. The molecule has 21 heavy (non-hydrogen) atoms. The fourth-order valence-electron chi connectivity index (χ4n) is 2.62. The van der Waals surface area contributed by atoms with E-state index in [1.165, 1.54) is 0 Å². The minimum Gasteiger partial charge on any atom is -0.345 e. The highest BCUT2D eigenvalue weighted by Crippen LogP contribution is 2.45. The lowest BCUT2D eigenvalue weighted by molar-refractivity contribution is -0.125. The lowest BCUT2D eigenvalue weighted by atomic mass is 9.64. The molecule has 1 fully saturated rings. The number of ketones is 1. The van der Waals surface area contributed by atoms with Crippen molar-refractivity contribution in [3.63, 3.8) is 0 Å². The number of aromatic amines is 1. The monoisotopic (exact) mass is 288 g/mol. The van der Waals surface area contributed by atoms with Crippen LogP contribution in [0, 0.1) is 5.41 Å². The van der Waals surface area contributed by atoms with Crippen LogP contribution >= 0.6 is 0 Å². The highest BCUT2D eigenvalue weighted by atomic mass is 19.1. The molecule has 0 saturated heterocycles. The number of carbonyl (C=O) groups excluding carboxylic acids is 1. The van der Waals surface area contributed by atoms with Gasteiger partial charge in [0.05, 0.1) is 23.6 Å². The van der Waals surface area contributed by atoms with E-state index in [0.29, 0.717) is 0 Å². The van der Waals surface area contributed by atoms with Gasteiger partial charge in [-0.3, -0.25) is 13.6 Å². The number of nitrogens with one attached hydrogen (secondary N) is 1. The van der Waals surface area contributed by atoms with Crippen LogP contribution in [0.5, 0.6) is 0 Å². The highest BCUT2D eigenvalue weighted by molar-refractivity contribution is 6.08. The van der Waals surface area contributed by atoms with Crippen LogP contribution in [0.25, 0.3) is 17.3 Å². The Balaban J connectivity index is 2.06. The molecule has 0 bridgehead atoms. The summed E-state index contributed by atoms with van der Waals surface area (Å²) in [5.41, 5.74) is 1.36. The summed E-state index contributed by atoms with van der Waals surface area (Å²) in [6, 6.07) is 7.37. The van der Waals surface area contributed by atoms with Gasteiger partial charge in [-0.1, -0.05) is 24.3 Å². The van der Waals surface area contributed by atoms with Gasteiger partial charge in [-0.2, -0.15) is 0 Å². The van der Waals surface area contributed by atoms with Crippen LogP contribution in [-0.2, 0) is 4.79 Å². The van der Waals surface area contributed by atoms with Crippen molar-refractivity contribution in [3.8, 4) is 11.3 Å². The molecule has 1 aliphatic rings. The van der Waals surface area contributed by atoms with Crippen LogP contribution in [0.15, 0.2) is 42.4 Å². The molecule has 1 aromatic carbocycles. The highest BCUT2D eigenvalue weighted by Gasteiger charge is 2.49. The minimum atomic E-state index is -1.25. The van der Waals surface area contributed by atoms with E-state index < -0.39 is 18.8 Å². The van der Waals surface area contributed by atoms with Gasteiger partial charge >= 0.3 is 0 Å². The van der Waals surface area contributed by atoms with Crippen molar-refractivity contribution >= 4 is 11.9 Å². The number of Topliss-reactive ketones (excluding diaryl/α,β-unsaturated/α-hetero) is 1. The number of benzene rings is 1.